The summed E-state index contributed by atoms with van der Waals surface area (Å²) in [5.41, 5.74) is 0. The molecule has 1 heterocycles. The summed E-state index contributed by atoms with van der Waals surface area (Å²) in [7, 11) is 0. The number of carbonyl (C=O) groups is 2. The lowest BCUT2D eigenvalue weighted by Crippen LogP contribution is -2.53. The van der Waals surface area contributed by atoms with Gasteiger partial charge in [-0.05, 0) is 49.9 Å². The zero-order valence-electron chi connectivity index (χ0n) is 14.5. The molecule has 0 aromatic rings. The van der Waals surface area contributed by atoms with E-state index in [0.29, 0.717) is 30.2 Å². The molecule has 3 rings (SSSR count). The number of esters is 1. The van der Waals surface area contributed by atoms with E-state index in [1.807, 2.05) is 4.90 Å². The summed E-state index contributed by atoms with van der Waals surface area (Å²) in [4.78, 5) is 26.5. The van der Waals surface area contributed by atoms with E-state index < -0.39 is 0 Å². The number of carbonyl (C=O) groups excluding carboxylic acids is 2. The lowest BCUT2D eigenvalue weighted by Gasteiger charge is -2.47. The molecule has 0 bridgehead atoms. The Hall–Kier alpha value is -1.06. The third-order valence-electron chi connectivity index (χ3n) is 6.35. The van der Waals surface area contributed by atoms with Crippen LogP contribution in [0.3, 0.4) is 0 Å². The lowest BCUT2D eigenvalue weighted by atomic mass is 9.72. The van der Waals surface area contributed by atoms with Gasteiger partial charge >= 0.3 is 5.97 Å². The molecule has 0 spiro atoms. The molecule has 0 aromatic carbocycles. The molecule has 4 nitrogen and oxygen atoms in total. The van der Waals surface area contributed by atoms with Gasteiger partial charge in [0.1, 0.15) is 0 Å². The Balaban J connectivity index is 1.48. The molecule has 0 N–H and O–H groups in total. The molecule has 2 saturated carbocycles. The highest BCUT2D eigenvalue weighted by Gasteiger charge is 2.39. The highest BCUT2D eigenvalue weighted by atomic mass is 16.5. The summed E-state index contributed by atoms with van der Waals surface area (Å²) >= 11 is 0. The SMILES string of the molecule is CC1CCN(C(=O)COC(=O)CC2CCCC2)C2CCCCC12. The monoisotopic (exact) mass is 321 g/mol. The minimum absolute atomic E-state index is 0.0218. The zero-order chi connectivity index (χ0) is 16.2. The number of amides is 1. The van der Waals surface area contributed by atoms with Crippen molar-refractivity contribution in [1.29, 1.82) is 0 Å². The van der Waals surface area contributed by atoms with Crippen LogP contribution in [0.25, 0.3) is 0 Å². The van der Waals surface area contributed by atoms with Crippen LogP contribution in [-0.2, 0) is 14.3 Å². The van der Waals surface area contributed by atoms with Crippen LogP contribution in [0.5, 0.6) is 0 Å². The van der Waals surface area contributed by atoms with Crippen molar-refractivity contribution in [2.75, 3.05) is 13.2 Å². The van der Waals surface area contributed by atoms with Crippen LogP contribution in [0.4, 0.5) is 0 Å². The highest BCUT2D eigenvalue weighted by Crippen LogP contribution is 2.38. The molecule has 1 aliphatic heterocycles. The summed E-state index contributed by atoms with van der Waals surface area (Å²) in [6, 6.07) is 0.383. The normalized spacial score (nSPS) is 31.7. The molecular formula is C19H31NO3. The molecule has 4 heteroatoms. The smallest absolute Gasteiger partial charge is 0.306 e. The molecule has 0 radical (unpaired) electrons. The van der Waals surface area contributed by atoms with Crippen molar-refractivity contribution in [2.24, 2.45) is 17.8 Å². The van der Waals surface area contributed by atoms with Crippen LogP contribution in [0.2, 0.25) is 0 Å². The second-order valence-electron chi connectivity index (χ2n) is 7.88. The minimum atomic E-state index is -0.184. The predicted molar refractivity (Wildman–Crippen MR) is 88.8 cm³/mol. The zero-order valence-corrected chi connectivity index (χ0v) is 14.5. The van der Waals surface area contributed by atoms with E-state index in [1.54, 1.807) is 0 Å². The molecule has 2 aliphatic carbocycles. The number of rotatable bonds is 4. The molecular weight excluding hydrogens is 290 g/mol. The first-order chi connectivity index (χ1) is 11.1. The van der Waals surface area contributed by atoms with Crippen molar-refractivity contribution in [1.82, 2.24) is 4.90 Å². The van der Waals surface area contributed by atoms with Gasteiger partial charge in [0.2, 0.25) is 0 Å². The Kier molecular flexibility index (Phi) is 5.60. The van der Waals surface area contributed by atoms with Gasteiger partial charge in [0.05, 0.1) is 0 Å². The van der Waals surface area contributed by atoms with E-state index in [1.165, 1.54) is 32.1 Å². The van der Waals surface area contributed by atoms with Gasteiger partial charge in [0.15, 0.2) is 6.61 Å². The fourth-order valence-corrected chi connectivity index (χ4v) is 4.96. The lowest BCUT2D eigenvalue weighted by molar-refractivity contribution is -0.156. The van der Waals surface area contributed by atoms with Gasteiger partial charge in [-0.25, -0.2) is 0 Å². The second-order valence-corrected chi connectivity index (χ2v) is 7.88. The second kappa shape index (κ2) is 7.67. The van der Waals surface area contributed by atoms with Crippen LogP contribution >= 0.6 is 0 Å². The number of piperidine rings is 1. The largest absolute Gasteiger partial charge is 0.456 e. The Morgan fingerprint density at radius 3 is 2.48 bits per heavy atom. The predicted octanol–water partition coefficient (Wildman–Crippen LogP) is 3.54. The topological polar surface area (TPSA) is 46.6 Å². The third kappa shape index (κ3) is 4.07. The van der Waals surface area contributed by atoms with E-state index in [4.69, 9.17) is 4.74 Å². The summed E-state index contributed by atoms with van der Waals surface area (Å²) in [6.07, 6.45) is 11.2. The average Bonchev–Trinajstić information content (AvgIpc) is 3.06. The number of fused-ring (bicyclic) bond motifs is 1. The number of nitrogens with zero attached hydrogens (tertiary/aromatic N) is 1. The fraction of sp³-hybridized carbons (Fsp3) is 0.895. The van der Waals surface area contributed by atoms with Crippen molar-refractivity contribution in [3.63, 3.8) is 0 Å². The van der Waals surface area contributed by atoms with Crippen LogP contribution < -0.4 is 0 Å². The van der Waals surface area contributed by atoms with Crippen LogP contribution in [0.1, 0.15) is 71.1 Å². The molecule has 1 saturated heterocycles. The van der Waals surface area contributed by atoms with Gasteiger partial charge in [-0.1, -0.05) is 32.6 Å². The van der Waals surface area contributed by atoms with Crippen LogP contribution in [-0.4, -0.2) is 36.0 Å². The van der Waals surface area contributed by atoms with Gasteiger partial charge in [-0.15, -0.1) is 0 Å². The summed E-state index contributed by atoms with van der Waals surface area (Å²) in [6.45, 7) is 3.11. The minimum Gasteiger partial charge on any atom is -0.456 e. The van der Waals surface area contributed by atoms with E-state index >= 15 is 0 Å². The van der Waals surface area contributed by atoms with Gasteiger partial charge in [-0.3, -0.25) is 9.59 Å². The number of hydrogen-bond acceptors (Lipinski definition) is 3. The summed E-state index contributed by atoms with van der Waals surface area (Å²) in [5.74, 6) is 1.69. The maximum absolute atomic E-state index is 12.6. The van der Waals surface area contributed by atoms with E-state index in [9.17, 15) is 9.59 Å². The fourth-order valence-electron chi connectivity index (χ4n) is 4.96. The summed E-state index contributed by atoms with van der Waals surface area (Å²) < 4.78 is 5.30. The van der Waals surface area contributed by atoms with Crippen molar-refractivity contribution in [3.8, 4) is 0 Å². The Labute approximate surface area is 139 Å². The van der Waals surface area contributed by atoms with E-state index in [-0.39, 0.29) is 18.5 Å². The molecule has 3 fully saturated rings. The van der Waals surface area contributed by atoms with E-state index in [0.717, 1.165) is 32.2 Å². The highest BCUT2D eigenvalue weighted by molar-refractivity contribution is 5.81. The number of hydrogen-bond donors (Lipinski definition) is 0. The average molecular weight is 321 g/mol. The first-order valence-corrected chi connectivity index (χ1v) is 9.60. The first-order valence-electron chi connectivity index (χ1n) is 9.60. The maximum atomic E-state index is 12.6. The molecule has 23 heavy (non-hydrogen) atoms. The third-order valence-corrected chi connectivity index (χ3v) is 6.35. The van der Waals surface area contributed by atoms with Gasteiger partial charge in [0, 0.05) is 19.0 Å². The van der Waals surface area contributed by atoms with Crippen molar-refractivity contribution in [2.45, 2.75) is 77.2 Å². The molecule has 130 valence electrons. The molecule has 0 aromatic heterocycles. The van der Waals surface area contributed by atoms with Crippen molar-refractivity contribution >= 4 is 11.9 Å². The molecule has 3 aliphatic rings. The maximum Gasteiger partial charge on any atom is 0.306 e. The Morgan fingerprint density at radius 2 is 1.70 bits per heavy atom. The van der Waals surface area contributed by atoms with Crippen molar-refractivity contribution < 1.29 is 14.3 Å². The Morgan fingerprint density at radius 1 is 1.00 bits per heavy atom. The first kappa shape index (κ1) is 16.8. The standard InChI is InChI=1S/C19H31NO3/c1-14-10-11-20(17-9-5-4-8-16(14)17)18(21)13-23-19(22)12-15-6-2-3-7-15/h14-17H,2-13H2,1H3. The molecule has 3 atom stereocenters. The van der Waals surface area contributed by atoms with Crippen LogP contribution in [0, 0.1) is 17.8 Å². The molecule has 3 unspecified atom stereocenters. The number of likely N-dealkylation sites (tertiary alicyclic amines) is 1. The quantitative estimate of drug-likeness (QED) is 0.744. The molecule has 1 amide bonds. The van der Waals surface area contributed by atoms with Crippen molar-refractivity contribution in [3.05, 3.63) is 0 Å². The van der Waals surface area contributed by atoms with Gasteiger partial charge < -0.3 is 9.64 Å². The van der Waals surface area contributed by atoms with Crippen LogP contribution in [0.15, 0.2) is 0 Å². The van der Waals surface area contributed by atoms with Gasteiger partial charge in [-0.2, -0.15) is 0 Å². The van der Waals surface area contributed by atoms with E-state index in [2.05, 4.69) is 6.92 Å². The van der Waals surface area contributed by atoms with Gasteiger partial charge in [0.25, 0.3) is 5.91 Å². The number of ether oxygens (including phenoxy) is 1. The Bertz CT molecular complexity index is 430. The summed E-state index contributed by atoms with van der Waals surface area (Å²) in [5, 5.41) is 0.